The van der Waals surface area contributed by atoms with Crippen LogP contribution in [0.15, 0.2) is 0 Å². The van der Waals surface area contributed by atoms with Gasteiger partial charge in [-0.15, -0.1) is 0 Å². The minimum Gasteiger partial charge on any atom is -0.464 e. The Morgan fingerprint density at radius 2 is 1.95 bits per heavy atom. The van der Waals surface area contributed by atoms with Crippen LogP contribution in [0.4, 0.5) is 0 Å². The summed E-state index contributed by atoms with van der Waals surface area (Å²) in [4.78, 5) is 24.6. The van der Waals surface area contributed by atoms with Crippen LogP contribution >= 0.6 is 0 Å². The summed E-state index contributed by atoms with van der Waals surface area (Å²) in [5.74, 6) is -0.211. The SMILES string of the molecule is CCOC(=O)COCCNCC(=O)N1CCCCC1. The Morgan fingerprint density at radius 1 is 1.21 bits per heavy atom. The van der Waals surface area contributed by atoms with Gasteiger partial charge < -0.3 is 19.7 Å². The third kappa shape index (κ3) is 7.12. The summed E-state index contributed by atoms with van der Waals surface area (Å²) >= 11 is 0. The maximum Gasteiger partial charge on any atom is 0.332 e. The summed E-state index contributed by atoms with van der Waals surface area (Å²) in [6.07, 6.45) is 3.43. The lowest BCUT2D eigenvalue weighted by Gasteiger charge is -2.26. The molecule has 1 saturated heterocycles. The molecular weight excluding hydrogens is 248 g/mol. The van der Waals surface area contributed by atoms with Gasteiger partial charge in [-0.25, -0.2) is 4.79 Å². The Bertz CT molecular complexity index is 278. The second-order valence-electron chi connectivity index (χ2n) is 4.48. The molecule has 6 nitrogen and oxygen atoms in total. The van der Waals surface area contributed by atoms with Crippen LogP contribution in [0.3, 0.4) is 0 Å². The van der Waals surface area contributed by atoms with Crippen LogP contribution in [-0.4, -0.2) is 62.8 Å². The number of carbonyl (C=O) groups is 2. The van der Waals surface area contributed by atoms with Gasteiger partial charge in [0.15, 0.2) is 0 Å². The van der Waals surface area contributed by atoms with E-state index in [9.17, 15) is 9.59 Å². The average molecular weight is 272 g/mol. The number of carbonyl (C=O) groups excluding carboxylic acids is 2. The predicted molar refractivity (Wildman–Crippen MR) is 70.8 cm³/mol. The molecule has 1 aliphatic rings. The minimum atomic E-state index is -0.355. The highest BCUT2D eigenvalue weighted by molar-refractivity contribution is 5.78. The van der Waals surface area contributed by atoms with Crippen molar-refractivity contribution >= 4 is 11.9 Å². The average Bonchev–Trinajstić information content (AvgIpc) is 2.43. The molecule has 1 heterocycles. The predicted octanol–water partition coefficient (Wildman–Crippen LogP) is 0.168. The van der Waals surface area contributed by atoms with Crippen molar-refractivity contribution in [2.45, 2.75) is 26.2 Å². The van der Waals surface area contributed by atoms with Gasteiger partial charge in [0.05, 0.1) is 19.8 Å². The molecule has 0 aromatic carbocycles. The Balaban J connectivity index is 1.95. The van der Waals surface area contributed by atoms with Crippen LogP contribution < -0.4 is 5.32 Å². The second-order valence-corrected chi connectivity index (χ2v) is 4.48. The molecule has 0 spiro atoms. The molecule has 0 aliphatic carbocycles. The number of esters is 1. The van der Waals surface area contributed by atoms with Crippen LogP contribution in [-0.2, 0) is 19.1 Å². The van der Waals surface area contributed by atoms with E-state index in [-0.39, 0.29) is 18.5 Å². The van der Waals surface area contributed by atoms with Gasteiger partial charge in [0.2, 0.25) is 5.91 Å². The molecule has 0 bridgehead atoms. The molecule has 0 aromatic heterocycles. The molecule has 6 heteroatoms. The summed E-state index contributed by atoms with van der Waals surface area (Å²) in [5, 5.41) is 3.02. The number of hydrogen-bond donors (Lipinski definition) is 1. The maximum atomic E-state index is 11.8. The van der Waals surface area contributed by atoms with Crippen LogP contribution in [0.2, 0.25) is 0 Å². The number of nitrogens with zero attached hydrogens (tertiary/aromatic N) is 1. The number of nitrogens with one attached hydrogen (secondary N) is 1. The fourth-order valence-electron chi connectivity index (χ4n) is 1.95. The maximum absolute atomic E-state index is 11.8. The van der Waals surface area contributed by atoms with Gasteiger partial charge >= 0.3 is 5.97 Å². The molecule has 1 N–H and O–H groups in total. The number of ether oxygens (including phenoxy) is 2. The summed E-state index contributed by atoms with van der Waals surface area (Å²) in [6.45, 7) is 5.12. The molecule has 0 unspecified atom stereocenters. The molecule has 1 fully saturated rings. The molecule has 1 aliphatic heterocycles. The Labute approximate surface area is 114 Å². The number of amides is 1. The fourth-order valence-corrected chi connectivity index (χ4v) is 1.95. The summed E-state index contributed by atoms with van der Waals surface area (Å²) in [5.41, 5.74) is 0. The second kappa shape index (κ2) is 9.75. The zero-order chi connectivity index (χ0) is 13.9. The topological polar surface area (TPSA) is 67.9 Å². The zero-order valence-electron chi connectivity index (χ0n) is 11.7. The van der Waals surface area contributed by atoms with E-state index >= 15 is 0 Å². The smallest absolute Gasteiger partial charge is 0.332 e. The van der Waals surface area contributed by atoms with Gasteiger partial charge in [0, 0.05) is 19.6 Å². The van der Waals surface area contributed by atoms with Crippen molar-refractivity contribution in [3.63, 3.8) is 0 Å². The van der Waals surface area contributed by atoms with Gasteiger partial charge in [-0.1, -0.05) is 0 Å². The summed E-state index contributed by atoms with van der Waals surface area (Å²) in [7, 11) is 0. The standard InChI is InChI=1S/C13H24N2O4/c1-2-19-13(17)11-18-9-6-14-10-12(16)15-7-4-3-5-8-15/h14H,2-11H2,1H3. The first-order chi connectivity index (χ1) is 9.24. The Kier molecular flexibility index (Phi) is 8.16. The third-order valence-corrected chi connectivity index (χ3v) is 2.93. The molecule has 0 aromatic rings. The van der Waals surface area contributed by atoms with Crippen LogP contribution in [0, 0.1) is 0 Å². The van der Waals surface area contributed by atoms with Crippen molar-refractivity contribution in [2.24, 2.45) is 0 Å². The number of likely N-dealkylation sites (tertiary alicyclic amines) is 1. The van der Waals surface area contributed by atoms with E-state index in [1.54, 1.807) is 6.92 Å². The molecule has 0 saturated carbocycles. The Morgan fingerprint density at radius 3 is 2.63 bits per heavy atom. The molecule has 1 amide bonds. The van der Waals surface area contributed by atoms with Crippen molar-refractivity contribution in [3.05, 3.63) is 0 Å². The normalized spacial score (nSPS) is 15.3. The highest BCUT2D eigenvalue weighted by Gasteiger charge is 2.15. The lowest BCUT2D eigenvalue weighted by atomic mass is 10.1. The van der Waals surface area contributed by atoms with Crippen molar-refractivity contribution in [2.75, 3.05) is 46.0 Å². The fraction of sp³-hybridized carbons (Fsp3) is 0.846. The summed E-state index contributed by atoms with van der Waals surface area (Å²) in [6, 6.07) is 0. The lowest BCUT2D eigenvalue weighted by Crippen LogP contribution is -2.41. The first-order valence-corrected chi connectivity index (χ1v) is 6.96. The number of rotatable bonds is 8. The molecule has 19 heavy (non-hydrogen) atoms. The van der Waals surface area contributed by atoms with Gasteiger partial charge in [0.1, 0.15) is 6.61 Å². The van der Waals surface area contributed by atoms with E-state index in [4.69, 9.17) is 9.47 Å². The molecule has 0 radical (unpaired) electrons. The summed E-state index contributed by atoms with van der Waals surface area (Å²) < 4.78 is 9.83. The molecule has 110 valence electrons. The van der Waals surface area contributed by atoms with E-state index in [2.05, 4.69) is 5.32 Å². The van der Waals surface area contributed by atoms with Crippen molar-refractivity contribution in [3.8, 4) is 0 Å². The van der Waals surface area contributed by atoms with Gasteiger partial charge in [-0.3, -0.25) is 4.79 Å². The van der Waals surface area contributed by atoms with Gasteiger partial charge in [-0.05, 0) is 26.2 Å². The first kappa shape index (κ1) is 15.9. The van der Waals surface area contributed by atoms with E-state index in [1.165, 1.54) is 6.42 Å². The quantitative estimate of drug-likeness (QED) is 0.504. The Hall–Kier alpha value is -1.14. The molecular formula is C13H24N2O4. The van der Waals surface area contributed by atoms with Crippen molar-refractivity contribution in [1.29, 1.82) is 0 Å². The lowest BCUT2D eigenvalue weighted by molar-refractivity contribution is -0.148. The van der Waals surface area contributed by atoms with Gasteiger partial charge in [0.25, 0.3) is 0 Å². The highest BCUT2D eigenvalue weighted by Crippen LogP contribution is 2.07. The van der Waals surface area contributed by atoms with E-state index in [0.717, 1.165) is 25.9 Å². The molecule has 0 atom stereocenters. The van der Waals surface area contributed by atoms with E-state index < -0.39 is 0 Å². The number of hydrogen-bond acceptors (Lipinski definition) is 5. The van der Waals surface area contributed by atoms with Gasteiger partial charge in [-0.2, -0.15) is 0 Å². The van der Waals surface area contributed by atoms with Crippen molar-refractivity contribution in [1.82, 2.24) is 10.2 Å². The van der Waals surface area contributed by atoms with Crippen LogP contribution in [0.5, 0.6) is 0 Å². The van der Waals surface area contributed by atoms with E-state index in [1.807, 2.05) is 4.90 Å². The van der Waals surface area contributed by atoms with Crippen LogP contribution in [0.1, 0.15) is 26.2 Å². The highest BCUT2D eigenvalue weighted by atomic mass is 16.6. The zero-order valence-corrected chi connectivity index (χ0v) is 11.7. The van der Waals surface area contributed by atoms with Crippen LogP contribution in [0.25, 0.3) is 0 Å². The van der Waals surface area contributed by atoms with E-state index in [0.29, 0.717) is 26.3 Å². The third-order valence-electron chi connectivity index (χ3n) is 2.93. The molecule has 1 rings (SSSR count). The monoisotopic (exact) mass is 272 g/mol. The van der Waals surface area contributed by atoms with Crippen molar-refractivity contribution < 1.29 is 19.1 Å². The largest absolute Gasteiger partial charge is 0.464 e. The first-order valence-electron chi connectivity index (χ1n) is 6.96. The number of piperidine rings is 1. The minimum absolute atomic E-state index is 0.0322.